The van der Waals surface area contributed by atoms with Gasteiger partial charge in [0.1, 0.15) is 17.5 Å². The van der Waals surface area contributed by atoms with Crippen LogP contribution in [0.1, 0.15) is 11.1 Å². The van der Waals surface area contributed by atoms with Crippen LogP contribution in [0.2, 0.25) is 5.15 Å². The lowest BCUT2D eigenvalue weighted by molar-refractivity contribution is 0.174. The Morgan fingerprint density at radius 1 is 1.06 bits per heavy atom. The van der Waals surface area contributed by atoms with Crippen molar-refractivity contribution in [1.82, 2.24) is 19.5 Å². The SMILES string of the molecule is Cc1c(Cl)nc(OCc2ccc3c(c2)OCO3)nc1Oc1ccc(-n2ccnc2)cc1. The Balaban J connectivity index is 1.31. The second-order valence-corrected chi connectivity index (χ2v) is 7.13. The molecule has 0 saturated heterocycles. The predicted molar refractivity (Wildman–Crippen MR) is 112 cm³/mol. The minimum atomic E-state index is 0.123. The molecule has 156 valence electrons. The molecular formula is C22H17ClN4O4. The zero-order chi connectivity index (χ0) is 21.2. The number of hydrogen-bond acceptors (Lipinski definition) is 7. The van der Waals surface area contributed by atoms with Gasteiger partial charge in [-0.1, -0.05) is 17.7 Å². The van der Waals surface area contributed by atoms with E-state index >= 15 is 0 Å². The van der Waals surface area contributed by atoms with Gasteiger partial charge in [-0.15, -0.1) is 0 Å². The van der Waals surface area contributed by atoms with E-state index in [2.05, 4.69) is 15.0 Å². The van der Waals surface area contributed by atoms with Crippen LogP contribution in [-0.4, -0.2) is 26.3 Å². The highest BCUT2D eigenvalue weighted by molar-refractivity contribution is 6.30. The topological polar surface area (TPSA) is 80.5 Å². The van der Waals surface area contributed by atoms with E-state index in [9.17, 15) is 0 Å². The lowest BCUT2D eigenvalue weighted by atomic mass is 10.2. The summed E-state index contributed by atoms with van der Waals surface area (Å²) in [7, 11) is 0. The van der Waals surface area contributed by atoms with Crippen molar-refractivity contribution in [2.45, 2.75) is 13.5 Å². The van der Waals surface area contributed by atoms with Gasteiger partial charge in [-0.3, -0.25) is 0 Å². The van der Waals surface area contributed by atoms with Crippen LogP contribution in [0.15, 0.2) is 61.2 Å². The molecule has 0 saturated carbocycles. The zero-order valence-electron chi connectivity index (χ0n) is 16.5. The molecule has 2 aromatic carbocycles. The number of rotatable bonds is 6. The number of nitrogens with zero attached hydrogens (tertiary/aromatic N) is 4. The van der Waals surface area contributed by atoms with Gasteiger partial charge in [0.15, 0.2) is 11.5 Å². The number of fused-ring (bicyclic) bond motifs is 1. The largest absolute Gasteiger partial charge is 0.458 e. The monoisotopic (exact) mass is 436 g/mol. The van der Waals surface area contributed by atoms with Crippen molar-refractivity contribution < 1.29 is 18.9 Å². The third-order valence-corrected chi connectivity index (χ3v) is 5.05. The van der Waals surface area contributed by atoms with Crippen molar-refractivity contribution >= 4 is 11.6 Å². The summed E-state index contributed by atoms with van der Waals surface area (Å²) >= 11 is 6.28. The maximum atomic E-state index is 6.28. The highest BCUT2D eigenvalue weighted by Gasteiger charge is 2.15. The summed E-state index contributed by atoms with van der Waals surface area (Å²) < 4.78 is 24.3. The van der Waals surface area contributed by atoms with Gasteiger partial charge in [0.25, 0.3) is 0 Å². The molecule has 8 nitrogen and oxygen atoms in total. The highest BCUT2D eigenvalue weighted by Crippen LogP contribution is 2.33. The molecular weight excluding hydrogens is 420 g/mol. The Morgan fingerprint density at radius 2 is 1.90 bits per heavy atom. The van der Waals surface area contributed by atoms with Crippen molar-refractivity contribution in [3.8, 4) is 34.8 Å². The van der Waals surface area contributed by atoms with E-state index in [1.54, 1.807) is 19.4 Å². The molecule has 0 fully saturated rings. The maximum absolute atomic E-state index is 6.28. The third-order valence-electron chi connectivity index (χ3n) is 4.68. The zero-order valence-corrected chi connectivity index (χ0v) is 17.2. The van der Waals surface area contributed by atoms with Crippen LogP contribution in [-0.2, 0) is 6.61 Å². The first kappa shape index (κ1) is 19.2. The molecule has 0 bridgehead atoms. The Hall–Kier alpha value is -3.78. The second-order valence-electron chi connectivity index (χ2n) is 6.77. The van der Waals surface area contributed by atoms with Crippen molar-refractivity contribution in [3.05, 3.63) is 77.5 Å². The molecule has 0 amide bonds. The molecule has 0 spiro atoms. The van der Waals surface area contributed by atoms with Crippen LogP contribution in [0, 0.1) is 6.92 Å². The quantitative estimate of drug-likeness (QED) is 0.404. The lowest BCUT2D eigenvalue weighted by Gasteiger charge is -2.12. The molecule has 0 unspecified atom stereocenters. The van der Waals surface area contributed by atoms with Crippen molar-refractivity contribution in [2.75, 3.05) is 6.79 Å². The standard InChI is InChI=1S/C22H17ClN4O4/c1-14-20(23)25-22(28-11-15-2-7-18-19(10-15)30-13-29-18)26-21(14)31-17-5-3-16(4-6-17)27-9-8-24-12-27/h2-10,12H,11,13H2,1H3. The highest BCUT2D eigenvalue weighted by atomic mass is 35.5. The Morgan fingerprint density at radius 3 is 2.71 bits per heavy atom. The van der Waals surface area contributed by atoms with E-state index in [0.717, 1.165) is 11.3 Å². The number of imidazole rings is 1. The molecule has 0 atom stereocenters. The molecule has 0 radical (unpaired) electrons. The lowest BCUT2D eigenvalue weighted by Crippen LogP contribution is -2.03. The van der Waals surface area contributed by atoms with Gasteiger partial charge in [0.05, 0.1) is 6.33 Å². The Bertz CT molecular complexity index is 1210. The normalized spacial score (nSPS) is 12.1. The van der Waals surface area contributed by atoms with Gasteiger partial charge in [0.2, 0.25) is 12.7 Å². The molecule has 1 aliphatic heterocycles. The predicted octanol–water partition coefficient (Wildman–Crippen LogP) is 4.72. The van der Waals surface area contributed by atoms with E-state index < -0.39 is 0 Å². The number of halogens is 1. The molecule has 31 heavy (non-hydrogen) atoms. The van der Waals surface area contributed by atoms with Gasteiger partial charge in [0, 0.05) is 23.6 Å². The van der Waals surface area contributed by atoms with Gasteiger partial charge < -0.3 is 23.5 Å². The Labute approximate surface area is 183 Å². The smallest absolute Gasteiger partial charge is 0.321 e. The van der Waals surface area contributed by atoms with Gasteiger partial charge in [-0.2, -0.15) is 9.97 Å². The molecule has 3 heterocycles. The summed E-state index contributed by atoms with van der Waals surface area (Å²) in [4.78, 5) is 12.6. The van der Waals surface area contributed by atoms with E-state index in [0.29, 0.717) is 28.7 Å². The summed E-state index contributed by atoms with van der Waals surface area (Å²) in [6, 6.07) is 13.2. The van der Waals surface area contributed by atoms with Crippen LogP contribution >= 0.6 is 11.6 Å². The summed E-state index contributed by atoms with van der Waals surface area (Å²) in [6.07, 6.45) is 5.32. The van der Waals surface area contributed by atoms with E-state index in [1.807, 2.05) is 53.2 Å². The van der Waals surface area contributed by atoms with Crippen molar-refractivity contribution in [1.29, 1.82) is 0 Å². The van der Waals surface area contributed by atoms with E-state index in [1.165, 1.54) is 0 Å². The second kappa shape index (κ2) is 8.16. The Kier molecular flexibility index (Phi) is 5.05. The third kappa shape index (κ3) is 4.10. The van der Waals surface area contributed by atoms with Gasteiger partial charge in [-0.05, 0) is 48.9 Å². The molecule has 2 aromatic heterocycles. The van der Waals surface area contributed by atoms with Crippen LogP contribution in [0.3, 0.4) is 0 Å². The summed E-state index contributed by atoms with van der Waals surface area (Å²) in [6.45, 7) is 2.26. The molecule has 5 rings (SSSR count). The first-order valence-electron chi connectivity index (χ1n) is 9.47. The first-order valence-corrected chi connectivity index (χ1v) is 9.85. The molecule has 1 aliphatic rings. The first-order chi connectivity index (χ1) is 15.2. The number of hydrogen-bond donors (Lipinski definition) is 0. The number of ether oxygens (including phenoxy) is 4. The molecule has 0 aliphatic carbocycles. The van der Waals surface area contributed by atoms with E-state index in [4.69, 9.17) is 30.5 Å². The number of benzene rings is 2. The van der Waals surface area contributed by atoms with Gasteiger partial charge in [-0.25, -0.2) is 4.98 Å². The average molecular weight is 437 g/mol. The fourth-order valence-electron chi connectivity index (χ4n) is 3.00. The van der Waals surface area contributed by atoms with Crippen LogP contribution in [0.25, 0.3) is 5.69 Å². The minimum absolute atomic E-state index is 0.123. The van der Waals surface area contributed by atoms with Crippen molar-refractivity contribution in [3.63, 3.8) is 0 Å². The van der Waals surface area contributed by atoms with Gasteiger partial charge >= 0.3 is 6.01 Å². The minimum Gasteiger partial charge on any atom is -0.458 e. The molecule has 0 N–H and O–H groups in total. The van der Waals surface area contributed by atoms with Crippen LogP contribution < -0.4 is 18.9 Å². The summed E-state index contributed by atoms with van der Waals surface area (Å²) in [5.41, 5.74) is 2.48. The average Bonchev–Trinajstić information content (AvgIpc) is 3.48. The van der Waals surface area contributed by atoms with Crippen molar-refractivity contribution in [2.24, 2.45) is 0 Å². The molecule has 9 heteroatoms. The van der Waals surface area contributed by atoms with Crippen LogP contribution in [0.4, 0.5) is 0 Å². The summed E-state index contributed by atoms with van der Waals surface area (Å²) in [5, 5.41) is 0.265. The maximum Gasteiger partial charge on any atom is 0.321 e. The fourth-order valence-corrected chi connectivity index (χ4v) is 3.16. The number of aromatic nitrogens is 4. The van der Waals surface area contributed by atoms with Crippen LogP contribution in [0.5, 0.6) is 29.1 Å². The fraction of sp³-hybridized carbons (Fsp3) is 0.136. The molecule has 4 aromatic rings. The summed E-state index contributed by atoms with van der Waals surface area (Å²) in [5.74, 6) is 2.35. The van der Waals surface area contributed by atoms with E-state index in [-0.39, 0.29) is 24.6 Å².